The fourth-order valence-electron chi connectivity index (χ4n) is 2.40. The third kappa shape index (κ3) is 3.60. The first-order valence-corrected chi connectivity index (χ1v) is 7.55. The van der Waals surface area contributed by atoms with Crippen molar-refractivity contribution in [1.82, 2.24) is 9.97 Å². The summed E-state index contributed by atoms with van der Waals surface area (Å²) < 4.78 is 19.2. The highest BCUT2D eigenvalue weighted by Crippen LogP contribution is 2.19. The van der Waals surface area contributed by atoms with Gasteiger partial charge in [-0.15, -0.1) is 0 Å². The molecule has 0 bridgehead atoms. The molecule has 7 nitrogen and oxygen atoms in total. The first-order valence-electron chi connectivity index (χ1n) is 7.55. The number of carbonyl (C=O) groups is 1. The van der Waals surface area contributed by atoms with Gasteiger partial charge in [-0.25, -0.2) is 9.37 Å². The maximum atomic E-state index is 13.9. The summed E-state index contributed by atoms with van der Waals surface area (Å²) in [4.78, 5) is 21.9. The van der Waals surface area contributed by atoms with Gasteiger partial charge in [-0.1, -0.05) is 12.1 Å². The summed E-state index contributed by atoms with van der Waals surface area (Å²) in [5, 5.41) is 12.5. The largest absolute Gasteiger partial charge is 0.507 e. The fourth-order valence-corrected chi connectivity index (χ4v) is 2.40. The van der Waals surface area contributed by atoms with E-state index in [1.54, 1.807) is 17.0 Å². The van der Waals surface area contributed by atoms with Crippen molar-refractivity contribution in [3.63, 3.8) is 0 Å². The Bertz CT molecular complexity index is 735. The number of phenolic OH excluding ortho intramolecular Hbond substituents is 1. The van der Waals surface area contributed by atoms with Crippen molar-refractivity contribution >= 4 is 17.5 Å². The summed E-state index contributed by atoms with van der Waals surface area (Å²) in [5.41, 5.74) is 0.209. The van der Waals surface area contributed by atoms with Crippen LogP contribution in [-0.4, -0.2) is 53.7 Å². The number of phenols is 1. The van der Waals surface area contributed by atoms with Crippen LogP contribution in [0.3, 0.4) is 0 Å². The van der Waals surface area contributed by atoms with Gasteiger partial charge in [0.25, 0.3) is 0 Å². The maximum Gasteiger partial charge on any atom is 0.225 e. The molecule has 0 amide bonds. The van der Waals surface area contributed by atoms with E-state index in [1.807, 2.05) is 0 Å². The van der Waals surface area contributed by atoms with Gasteiger partial charge in [-0.3, -0.25) is 4.79 Å². The lowest BCUT2D eigenvalue weighted by Crippen LogP contribution is -2.37. The Morgan fingerprint density at radius 2 is 2.08 bits per heavy atom. The number of carbonyl (C=O) groups excluding carboxylic acids is 1. The lowest BCUT2D eigenvalue weighted by molar-refractivity contribution is 0.100. The predicted octanol–water partition coefficient (Wildman–Crippen LogP) is 1.45. The van der Waals surface area contributed by atoms with Gasteiger partial charge in [-0.05, 0) is 12.1 Å². The predicted molar refractivity (Wildman–Crippen MR) is 85.9 cm³/mol. The first kappa shape index (κ1) is 16.1. The second kappa shape index (κ2) is 7.22. The monoisotopic (exact) mass is 332 g/mol. The summed E-state index contributed by atoms with van der Waals surface area (Å²) in [7, 11) is 0. The third-order valence-electron chi connectivity index (χ3n) is 3.65. The summed E-state index contributed by atoms with van der Waals surface area (Å²) in [5.74, 6) is -0.575. The number of benzene rings is 1. The molecular formula is C16H17FN4O3. The molecule has 2 N–H and O–H groups in total. The number of halogens is 1. The number of aromatic nitrogens is 2. The number of aromatic hydroxyl groups is 1. The highest BCUT2D eigenvalue weighted by molar-refractivity contribution is 6.01. The van der Waals surface area contributed by atoms with Gasteiger partial charge in [0.2, 0.25) is 5.95 Å². The number of Topliss-reactive ketones (excluding diaryl/α,β-unsaturated/α-hetero) is 1. The molecule has 0 radical (unpaired) electrons. The van der Waals surface area contributed by atoms with Crippen LogP contribution in [0.15, 0.2) is 30.5 Å². The van der Waals surface area contributed by atoms with E-state index in [0.29, 0.717) is 26.3 Å². The highest BCUT2D eigenvalue weighted by Gasteiger charge is 2.18. The van der Waals surface area contributed by atoms with Crippen molar-refractivity contribution in [3.8, 4) is 5.75 Å². The Kier molecular flexibility index (Phi) is 4.85. The topological polar surface area (TPSA) is 87.6 Å². The van der Waals surface area contributed by atoms with Crippen LogP contribution in [0.4, 0.5) is 16.2 Å². The zero-order valence-corrected chi connectivity index (χ0v) is 12.9. The number of rotatable bonds is 5. The van der Waals surface area contributed by atoms with Crippen molar-refractivity contribution in [1.29, 1.82) is 0 Å². The number of nitrogens with zero attached hydrogens (tertiary/aromatic N) is 3. The van der Waals surface area contributed by atoms with Crippen LogP contribution in [-0.2, 0) is 4.74 Å². The minimum absolute atomic E-state index is 0.0849. The fraction of sp³-hybridized carbons (Fsp3) is 0.312. The number of para-hydroxylation sites is 1. The van der Waals surface area contributed by atoms with Crippen LogP contribution in [0.25, 0.3) is 0 Å². The van der Waals surface area contributed by atoms with Gasteiger partial charge in [0, 0.05) is 13.1 Å². The summed E-state index contributed by atoms with van der Waals surface area (Å²) >= 11 is 0. The molecule has 0 atom stereocenters. The third-order valence-corrected chi connectivity index (χ3v) is 3.65. The average molecular weight is 332 g/mol. The highest BCUT2D eigenvalue weighted by atomic mass is 19.1. The second-order valence-electron chi connectivity index (χ2n) is 5.26. The van der Waals surface area contributed by atoms with Crippen LogP contribution >= 0.6 is 0 Å². The molecule has 0 unspecified atom stereocenters. The van der Waals surface area contributed by atoms with Crippen molar-refractivity contribution in [2.75, 3.05) is 43.1 Å². The van der Waals surface area contributed by atoms with Crippen molar-refractivity contribution in [2.45, 2.75) is 0 Å². The molecule has 2 heterocycles. The van der Waals surface area contributed by atoms with Gasteiger partial charge in [-0.2, -0.15) is 4.98 Å². The van der Waals surface area contributed by atoms with Gasteiger partial charge in [0.15, 0.2) is 17.4 Å². The minimum atomic E-state index is -0.519. The van der Waals surface area contributed by atoms with Crippen LogP contribution in [0, 0.1) is 5.82 Å². The van der Waals surface area contributed by atoms with Gasteiger partial charge >= 0.3 is 0 Å². The van der Waals surface area contributed by atoms with E-state index in [-0.39, 0.29) is 35.4 Å². The first-order chi connectivity index (χ1) is 11.6. The zero-order valence-electron chi connectivity index (χ0n) is 12.9. The van der Waals surface area contributed by atoms with E-state index >= 15 is 0 Å². The number of morpholine rings is 1. The number of anilines is 2. The number of ketones is 1. The molecule has 1 fully saturated rings. The van der Waals surface area contributed by atoms with Crippen molar-refractivity contribution in [2.24, 2.45) is 0 Å². The van der Waals surface area contributed by atoms with E-state index in [9.17, 15) is 14.3 Å². The number of hydrogen-bond acceptors (Lipinski definition) is 7. The van der Waals surface area contributed by atoms with E-state index in [2.05, 4.69) is 15.3 Å². The molecular weight excluding hydrogens is 315 g/mol. The molecule has 1 aliphatic rings. The van der Waals surface area contributed by atoms with Crippen LogP contribution < -0.4 is 10.2 Å². The second-order valence-corrected chi connectivity index (χ2v) is 5.26. The van der Waals surface area contributed by atoms with E-state index in [0.717, 1.165) is 6.20 Å². The number of nitrogens with one attached hydrogen (secondary N) is 1. The van der Waals surface area contributed by atoms with Crippen LogP contribution in [0.5, 0.6) is 5.75 Å². The molecule has 2 aromatic rings. The minimum Gasteiger partial charge on any atom is -0.507 e. The van der Waals surface area contributed by atoms with E-state index in [4.69, 9.17) is 4.74 Å². The molecule has 8 heteroatoms. The number of hydrogen-bond donors (Lipinski definition) is 2. The van der Waals surface area contributed by atoms with Crippen molar-refractivity contribution < 1.29 is 19.0 Å². The Labute approximate surface area is 138 Å². The lowest BCUT2D eigenvalue weighted by atomic mass is 10.1. The molecule has 1 aliphatic heterocycles. The van der Waals surface area contributed by atoms with Gasteiger partial charge in [0.05, 0.1) is 31.5 Å². The van der Waals surface area contributed by atoms with E-state index in [1.165, 1.54) is 12.1 Å². The summed E-state index contributed by atoms with van der Waals surface area (Å²) in [6.07, 6.45) is 1.07. The molecule has 126 valence electrons. The van der Waals surface area contributed by atoms with Gasteiger partial charge in [0.1, 0.15) is 5.75 Å². The van der Waals surface area contributed by atoms with Gasteiger partial charge < -0.3 is 20.1 Å². The lowest BCUT2D eigenvalue weighted by Gasteiger charge is -2.28. The molecule has 1 aromatic heterocycles. The molecule has 3 rings (SSSR count). The Morgan fingerprint density at radius 3 is 2.83 bits per heavy atom. The Hall–Kier alpha value is -2.74. The SMILES string of the molecule is O=C(CNc1ncc(F)c(N2CCOCC2)n1)c1ccccc1O. The molecule has 1 saturated heterocycles. The smallest absolute Gasteiger partial charge is 0.225 e. The normalized spacial score (nSPS) is 14.5. The zero-order chi connectivity index (χ0) is 16.9. The van der Waals surface area contributed by atoms with Crippen LogP contribution in [0.1, 0.15) is 10.4 Å². The molecule has 0 aliphatic carbocycles. The summed E-state index contributed by atoms with van der Waals surface area (Å²) in [6.45, 7) is 2.01. The summed E-state index contributed by atoms with van der Waals surface area (Å²) in [6, 6.07) is 6.28. The maximum absolute atomic E-state index is 13.9. The molecule has 0 spiro atoms. The molecule has 1 aromatic carbocycles. The van der Waals surface area contributed by atoms with Crippen molar-refractivity contribution in [3.05, 3.63) is 41.8 Å². The van der Waals surface area contributed by atoms with Crippen LogP contribution in [0.2, 0.25) is 0 Å². The standard InChI is InChI=1S/C16H17FN4O3/c17-12-9-18-16(20-15(12)21-5-7-24-8-6-21)19-10-14(23)11-3-1-2-4-13(11)22/h1-4,9,22H,5-8,10H2,(H,18,19,20). The Balaban J connectivity index is 1.69. The average Bonchev–Trinajstić information content (AvgIpc) is 2.62. The Morgan fingerprint density at radius 1 is 1.33 bits per heavy atom. The molecule has 24 heavy (non-hydrogen) atoms. The quantitative estimate of drug-likeness (QED) is 0.801. The number of ether oxygens (including phenoxy) is 1. The molecule has 0 saturated carbocycles. The van der Waals surface area contributed by atoms with E-state index < -0.39 is 5.82 Å².